The van der Waals surface area contributed by atoms with Crippen LogP contribution in [-0.4, -0.2) is 30.2 Å². The molecule has 2 aliphatic rings. The van der Waals surface area contributed by atoms with Gasteiger partial charge in [-0.3, -0.25) is 4.90 Å². The minimum atomic E-state index is -0.599. The Morgan fingerprint density at radius 2 is 2.00 bits per heavy atom. The molecule has 1 aliphatic heterocycles. The minimum absolute atomic E-state index is 0.178. The van der Waals surface area contributed by atoms with Gasteiger partial charge in [0.2, 0.25) is 0 Å². The van der Waals surface area contributed by atoms with E-state index in [4.69, 9.17) is 0 Å². The second-order valence-electron chi connectivity index (χ2n) is 6.60. The highest BCUT2D eigenvalue weighted by Gasteiger charge is 2.54. The summed E-state index contributed by atoms with van der Waals surface area (Å²) >= 11 is 0. The molecule has 0 N–H and O–H groups in total. The molecule has 1 spiro atoms. The Morgan fingerprint density at radius 1 is 1.33 bits per heavy atom. The smallest absolute Gasteiger partial charge is 0.115 e. The summed E-state index contributed by atoms with van der Waals surface area (Å²) in [6, 6.07) is 0. The molecule has 2 rings (SSSR count). The number of likely N-dealkylation sites (tertiary alicyclic amines) is 1. The van der Waals surface area contributed by atoms with Crippen LogP contribution in [0.1, 0.15) is 46.5 Å². The molecule has 0 amide bonds. The Kier molecular flexibility index (Phi) is 2.61. The number of alkyl halides is 1. The molecule has 1 heterocycles. The lowest BCUT2D eigenvalue weighted by Gasteiger charge is -2.44. The van der Waals surface area contributed by atoms with Crippen LogP contribution >= 0.6 is 0 Å². The second kappa shape index (κ2) is 3.44. The number of hydrogen-bond acceptors (Lipinski definition) is 1. The normalized spacial score (nSPS) is 43.0. The monoisotopic (exact) mass is 213 g/mol. The van der Waals surface area contributed by atoms with Crippen molar-refractivity contribution in [3.63, 3.8) is 0 Å². The van der Waals surface area contributed by atoms with Crippen LogP contribution in [0.5, 0.6) is 0 Å². The van der Waals surface area contributed by atoms with Crippen LogP contribution < -0.4 is 0 Å². The van der Waals surface area contributed by atoms with Gasteiger partial charge >= 0.3 is 0 Å². The molecule has 3 unspecified atom stereocenters. The van der Waals surface area contributed by atoms with E-state index in [1.807, 2.05) is 0 Å². The summed E-state index contributed by atoms with van der Waals surface area (Å²) in [5, 5.41) is 0. The predicted octanol–water partition coefficient (Wildman–Crippen LogP) is 3.25. The lowest BCUT2D eigenvalue weighted by molar-refractivity contribution is 0.0537. The molecular formula is C13H24FN. The zero-order valence-corrected chi connectivity index (χ0v) is 10.5. The number of halogens is 1. The van der Waals surface area contributed by atoms with Gasteiger partial charge in [-0.2, -0.15) is 0 Å². The summed E-state index contributed by atoms with van der Waals surface area (Å²) in [6.45, 7) is 7.57. The number of nitrogens with zero attached hydrogens (tertiary/aromatic N) is 1. The summed E-state index contributed by atoms with van der Waals surface area (Å²) in [7, 11) is 2.11. The van der Waals surface area contributed by atoms with Gasteiger partial charge in [0.05, 0.1) is 0 Å². The highest BCUT2D eigenvalue weighted by molar-refractivity contribution is 5.08. The number of hydrogen-bond donors (Lipinski definition) is 0. The Balaban J connectivity index is 2.27. The van der Waals surface area contributed by atoms with Gasteiger partial charge in [-0.1, -0.05) is 27.2 Å². The van der Waals surface area contributed by atoms with Crippen LogP contribution in [0.4, 0.5) is 4.39 Å². The van der Waals surface area contributed by atoms with E-state index in [-0.39, 0.29) is 5.54 Å². The van der Waals surface area contributed by atoms with Crippen LogP contribution in [0.15, 0.2) is 0 Å². The largest absolute Gasteiger partial charge is 0.297 e. The third-order valence-electron chi connectivity index (χ3n) is 4.60. The van der Waals surface area contributed by atoms with Gasteiger partial charge in [-0.15, -0.1) is 0 Å². The molecule has 2 fully saturated rings. The van der Waals surface area contributed by atoms with Gasteiger partial charge in [0.25, 0.3) is 0 Å². The molecule has 0 radical (unpaired) electrons. The van der Waals surface area contributed by atoms with Crippen LogP contribution in [-0.2, 0) is 0 Å². The van der Waals surface area contributed by atoms with Gasteiger partial charge in [0, 0.05) is 12.1 Å². The first-order chi connectivity index (χ1) is 6.86. The maximum Gasteiger partial charge on any atom is 0.115 e. The first kappa shape index (κ1) is 11.4. The summed E-state index contributed by atoms with van der Waals surface area (Å²) in [5.41, 5.74) is 0.493. The molecule has 0 bridgehead atoms. The highest BCUT2D eigenvalue weighted by Crippen LogP contribution is 2.53. The Labute approximate surface area is 93.0 Å². The quantitative estimate of drug-likeness (QED) is 0.597. The van der Waals surface area contributed by atoms with Crippen molar-refractivity contribution in [1.29, 1.82) is 0 Å². The fourth-order valence-corrected chi connectivity index (χ4v) is 4.08. The minimum Gasteiger partial charge on any atom is -0.297 e. The van der Waals surface area contributed by atoms with Gasteiger partial charge in [0.15, 0.2) is 0 Å². The van der Waals surface area contributed by atoms with Gasteiger partial charge in [-0.25, -0.2) is 4.39 Å². The molecule has 1 aliphatic carbocycles. The van der Waals surface area contributed by atoms with E-state index >= 15 is 0 Å². The lowest BCUT2D eigenvalue weighted by atomic mass is 9.69. The average Bonchev–Trinajstić information content (AvgIpc) is 2.57. The van der Waals surface area contributed by atoms with Crippen LogP contribution in [0.25, 0.3) is 0 Å². The van der Waals surface area contributed by atoms with E-state index in [1.54, 1.807) is 0 Å². The Hall–Kier alpha value is -0.110. The van der Waals surface area contributed by atoms with Crippen molar-refractivity contribution in [2.24, 2.45) is 11.3 Å². The molecule has 1 saturated carbocycles. The second-order valence-corrected chi connectivity index (χ2v) is 6.60. The zero-order valence-electron chi connectivity index (χ0n) is 10.5. The summed E-state index contributed by atoms with van der Waals surface area (Å²) in [5.74, 6) is 0.663. The van der Waals surface area contributed by atoms with Crippen LogP contribution in [0.3, 0.4) is 0 Å². The first-order valence-corrected chi connectivity index (χ1v) is 6.21. The van der Waals surface area contributed by atoms with Crippen molar-refractivity contribution >= 4 is 0 Å². The average molecular weight is 213 g/mol. The molecule has 1 saturated heterocycles. The fraction of sp³-hybridized carbons (Fsp3) is 1.00. The molecule has 2 heteroatoms. The fourth-order valence-electron chi connectivity index (χ4n) is 4.08. The lowest BCUT2D eigenvalue weighted by Crippen LogP contribution is -2.48. The predicted molar refractivity (Wildman–Crippen MR) is 61.7 cm³/mol. The Bertz CT molecular complexity index is 245. The van der Waals surface area contributed by atoms with E-state index < -0.39 is 6.17 Å². The van der Waals surface area contributed by atoms with Gasteiger partial charge in [-0.05, 0) is 37.6 Å². The molecule has 1 nitrogen and oxygen atoms in total. The molecule has 15 heavy (non-hydrogen) atoms. The summed E-state index contributed by atoms with van der Waals surface area (Å²) in [6.07, 6.45) is 3.93. The number of rotatable bonds is 0. The maximum absolute atomic E-state index is 13.6. The van der Waals surface area contributed by atoms with E-state index in [1.165, 1.54) is 19.3 Å². The summed E-state index contributed by atoms with van der Waals surface area (Å²) in [4.78, 5) is 2.31. The van der Waals surface area contributed by atoms with E-state index in [0.717, 1.165) is 6.42 Å². The highest BCUT2D eigenvalue weighted by atomic mass is 19.1. The SMILES string of the molecule is CN1CC(F)CC12CCCC2C(C)(C)C. The van der Waals surface area contributed by atoms with E-state index in [9.17, 15) is 4.39 Å². The van der Waals surface area contributed by atoms with E-state index in [0.29, 0.717) is 17.9 Å². The van der Waals surface area contributed by atoms with Crippen molar-refractivity contribution in [2.75, 3.05) is 13.6 Å². The van der Waals surface area contributed by atoms with Crippen molar-refractivity contribution in [3.8, 4) is 0 Å². The molecule has 0 aromatic rings. The van der Waals surface area contributed by atoms with Crippen LogP contribution in [0, 0.1) is 11.3 Å². The van der Waals surface area contributed by atoms with Crippen molar-refractivity contribution in [2.45, 2.75) is 58.2 Å². The molecule has 3 atom stereocenters. The third kappa shape index (κ3) is 1.71. The first-order valence-electron chi connectivity index (χ1n) is 6.21. The molecule has 0 aromatic heterocycles. The van der Waals surface area contributed by atoms with Crippen LogP contribution in [0.2, 0.25) is 0 Å². The van der Waals surface area contributed by atoms with Gasteiger partial charge < -0.3 is 0 Å². The molecule has 0 aromatic carbocycles. The third-order valence-corrected chi connectivity index (χ3v) is 4.60. The van der Waals surface area contributed by atoms with Crippen molar-refractivity contribution in [1.82, 2.24) is 4.90 Å². The standard InChI is InChI=1S/C13H24FN/c1-12(2,3)11-6-5-7-13(11)8-10(14)9-15(13)4/h10-11H,5-9H2,1-4H3. The topological polar surface area (TPSA) is 3.24 Å². The molecule has 88 valence electrons. The van der Waals surface area contributed by atoms with Crippen molar-refractivity contribution in [3.05, 3.63) is 0 Å². The maximum atomic E-state index is 13.6. The van der Waals surface area contributed by atoms with E-state index in [2.05, 4.69) is 32.7 Å². The molecular weight excluding hydrogens is 189 g/mol. The van der Waals surface area contributed by atoms with Gasteiger partial charge in [0.1, 0.15) is 6.17 Å². The Morgan fingerprint density at radius 3 is 2.47 bits per heavy atom. The van der Waals surface area contributed by atoms with Crippen molar-refractivity contribution < 1.29 is 4.39 Å². The zero-order chi connectivity index (χ0) is 11.3. The summed E-state index contributed by atoms with van der Waals surface area (Å²) < 4.78 is 13.6.